The molecular formula is C19H21N5O4. The molecule has 1 aromatic heterocycles. The van der Waals surface area contributed by atoms with Crippen LogP contribution in [0.2, 0.25) is 0 Å². The van der Waals surface area contributed by atoms with Crippen LogP contribution in [0.4, 0.5) is 0 Å². The molecule has 2 aliphatic heterocycles. The second kappa shape index (κ2) is 7.34. The monoisotopic (exact) mass is 383 g/mol. The van der Waals surface area contributed by atoms with Crippen LogP contribution < -0.4 is 10.1 Å². The first kappa shape index (κ1) is 18.0. The molecule has 0 aliphatic carbocycles. The van der Waals surface area contributed by atoms with Gasteiger partial charge in [-0.05, 0) is 18.2 Å². The van der Waals surface area contributed by atoms with E-state index in [0.29, 0.717) is 30.8 Å². The molecule has 0 saturated carbocycles. The standard InChI is InChI=1S/C19H21N5O4/c1-28-14-4-2-3-12(7-14)18(26)23-5-6-24-16(10-23)17(25)22-15(19(24)27)8-13-9-20-11-21-13/h2-4,7,9,11,15-16H,5-6,8,10H2,1H3,(H,20,21)(H,22,25)/t15-,16+/m0/s1. The molecular weight excluding hydrogens is 362 g/mol. The number of rotatable bonds is 4. The number of fused-ring (bicyclic) bond motifs is 1. The molecule has 1 aromatic carbocycles. The Morgan fingerprint density at radius 2 is 2.18 bits per heavy atom. The highest BCUT2D eigenvalue weighted by Gasteiger charge is 2.44. The average Bonchev–Trinajstić information content (AvgIpc) is 3.24. The fraction of sp³-hybridized carbons (Fsp3) is 0.368. The van der Waals surface area contributed by atoms with Gasteiger partial charge in [-0.1, -0.05) is 6.07 Å². The number of ether oxygens (including phenoxy) is 1. The fourth-order valence-corrected chi connectivity index (χ4v) is 3.68. The van der Waals surface area contributed by atoms with Crippen molar-refractivity contribution in [1.29, 1.82) is 0 Å². The molecule has 3 heterocycles. The molecule has 2 fully saturated rings. The minimum atomic E-state index is -0.672. The maximum atomic E-state index is 12.8. The lowest BCUT2D eigenvalue weighted by Gasteiger charge is -2.45. The molecule has 2 aromatic rings. The fourth-order valence-electron chi connectivity index (χ4n) is 3.68. The molecule has 2 aliphatic rings. The van der Waals surface area contributed by atoms with Gasteiger partial charge in [-0.15, -0.1) is 0 Å². The normalized spacial score (nSPS) is 21.9. The van der Waals surface area contributed by atoms with Gasteiger partial charge in [-0.3, -0.25) is 14.4 Å². The Kier molecular flexibility index (Phi) is 4.72. The molecule has 4 rings (SSSR count). The van der Waals surface area contributed by atoms with Crippen molar-refractivity contribution >= 4 is 17.7 Å². The lowest BCUT2D eigenvalue weighted by molar-refractivity contribution is -0.152. The van der Waals surface area contributed by atoms with Crippen LogP contribution in [0.5, 0.6) is 5.75 Å². The van der Waals surface area contributed by atoms with E-state index in [4.69, 9.17) is 4.74 Å². The number of imidazole rings is 1. The van der Waals surface area contributed by atoms with Crippen LogP contribution in [0.3, 0.4) is 0 Å². The Labute approximate surface area is 161 Å². The van der Waals surface area contributed by atoms with Crippen LogP contribution in [-0.2, 0) is 16.0 Å². The van der Waals surface area contributed by atoms with E-state index in [0.717, 1.165) is 5.69 Å². The van der Waals surface area contributed by atoms with E-state index in [-0.39, 0.29) is 24.3 Å². The SMILES string of the molecule is COc1cccc(C(=O)N2CCN3C(=O)[C@H](Cc4cnc[nH]4)NC(=O)[C@H]3C2)c1. The van der Waals surface area contributed by atoms with E-state index in [2.05, 4.69) is 15.3 Å². The third-order valence-electron chi connectivity index (χ3n) is 5.16. The number of amides is 3. The van der Waals surface area contributed by atoms with Gasteiger partial charge in [0, 0.05) is 37.0 Å². The van der Waals surface area contributed by atoms with Crippen LogP contribution in [0.15, 0.2) is 36.8 Å². The van der Waals surface area contributed by atoms with E-state index in [9.17, 15) is 14.4 Å². The molecule has 2 atom stereocenters. The van der Waals surface area contributed by atoms with Crippen molar-refractivity contribution < 1.29 is 19.1 Å². The van der Waals surface area contributed by atoms with Gasteiger partial charge in [-0.25, -0.2) is 4.98 Å². The number of piperazine rings is 2. The second-order valence-corrected chi connectivity index (χ2v) is 6.87. The van der Waals surface area contributed by atoms with E-state index in [1.54, 1.807) is 47.4 Å². The molecule has 3 amide bonds. The number of H-pyrrole nitrogens is 1. The summed E-state index contributed by atoms with van der Waals surface area (Å²) in [7, 11) is 1.54. The van der Waals surface area contributed by atoms with Gasteiger partial charge in [0.25, 0.3) is 5.91 Å². The zero-order valence-electron chi connectivity index (χ0n) is 15.4. The Bertz CT molecular complexity index is 897. The Hall–Kier alpha value is -3.36. The molecule has 2 N–H and O–H groups in total. The third kappa shape index (κ3) is 3.30. The van der Waals surface area contributed by atoms with Crippen molar-refractivity contribution in [2.45, 2.75) is 18.5 Å². The van der Waals surface area contributed by atoms with Crippen molar-refractivity contribution in [1.82, 2.24) is 25.1 Å². The zero-order valence-corrected chi connectivity index (χ0v) is 15.4. The summed E-state index contributed by atoms with van der Waals surface area (Å²) in [6.07, 6.45) is 3.53. The van der Waals surface area contributed by atoms with Crippen LogP contribution >= 0.6 is 0 Å². The molecule has 0 unspecified atom stereocenters. The van der Waals surface area contributed by atoms with Crippen molar-refractivity contribution in [3.05, 3.63) is 48.0 Å². The van der Waals surface area contributed by atoms with Crippen molar-refractivity contribution in [3.8, 4) is 5.75 Å². The minimum absolute atomic E-state index is 0.132. The number of carbonyl (C=O) groups excluding carboxylic acids is 3. The number of carbonyl (C=O) groups is 3. The molecule has 0 spiro atoms. The molecule has 9 nitrogen and oxygen atoms in total. The predicted octanol–water partition coefficient (Wildman–Crippen LogP) is -0.188. The van der Waals surface area contributed by atoms with Gasteiger partial charge in [0.15, 0.2) is 0 Å². The Morgan fingerprint density at radius 3 is 2.93 bits per heavy atom. The quantitative estimate of drug-likeness (QED) is 0.761. The number of aromatic amines is 1. The average molecular weight is 383 g/mol. The number of hydrogen-bond acceptors (Lipinski definition) is 5. The van der Waals surface area contributed by atoms with E-state index >= 15 is 0 Å². The van der Waals surface area contributed by atoms with E-state index in [1.807, 2.05) is 0 Å². The summed E-state index contributed by atoms with van der Waals surface area (Å²) in [6.45, 7) is 0.874. The number of benzene rings is 1. The highest BCUT2D eigenvalue weighted by molar-refractivity contribution is 5.99. The smallest absolute Gasteiger partial charge is 0.254 e. The molecule has 28 heavy (non-hydrogen) atoms. The van der Waals surface area contributed by atoms with Gasteiger partial charge >= 0.3 is 0 Å². The zero-order chi connectivity index (χ0) is 19.7. The summed E-state index contributed by atoms with van der Waals surface area (Å²) in [6, 6.07) is 5.60. The minimum Gasteiger partial charge on any atom is -0.497 e. The first-order valence-electron chi connectivity index (χ1n) is 9.08. The van der Waals surface area contributed by atoms with Gasteiger partial charge in [0.05, 0.1) is 20.0 Å². The summed E-state index contributed by atoms with van der Waals surface area (Å²) >= 11 is 0. The molecule has 0 radical (unpaired) electrons. The first-order valence-corrected chi connectivity index (χ1v) is 9.08. The summed E-state index contributed by atoms with van der Waals surface area (Å²) < 4.78 is 5.17. The molecule has 0 bridgehead atoms. The highest BCUT2D eigenvalue weighted by atomic mass is 16.5. The maximum Gasteiger partial charge on any atom is 0.254 e. The predicted molar refractivity (Wildman–Crippen MR) is 98.6 cm³/mol. The second-order valence-electron chi connectivity index (χ2n) is 6.87. The highest BCUT2D eigenvalue weighted by Crippen LogP contribution is 2.21. The van der Waals surface area contributed by atoms with Gasteiger partial charge < -0.3 is 24.8 Å². The van der Waals surface area contributed by atoms with Gasteiger partial charge in [-0.2, -0.15) is 0 Å². The Balaban J connectivity index is 1.46. The number of hydrogen-bond donors (Lipinski definition) is 2. The van der Waals surface area contributed by atoms with Crippen LogP contribution in [0.25, 0.3) is 0 Å². The summed E-state index contributed by atoms with van der Waals surface area (Å²) in [5, 5.41) is 2.79. The molecule has 9 heteroatoms. The third-order valence-corrected chi connectivity index (χ3v) is 5.16. The summed E-state index contributed by atoms with van der Waals surface area (Å²) in [5.41, 5.74) is 1.27. The molecule has 146 valence electrons. The van der Waals surface area contributed by atoms with Crippen molar-refractivity contribution in [2.24, 2.45) is 0 Å². The topological polar surface area (TPSA) is 108 Å². The lowest BCUT2D eigenvalue weighted by atomic mass is 10.0. The van der Waals surface area contributed by atoms with E-state index < -0.39 is 12.1 Å². The number of aromatic nitrogens is 2. The van der Waals surface area contributed by atoms with Crippen molar-refractivity contribution in [3.63, 3.8) is 0 Å². The van der Waals surface area contributed by atoms with Crippen molar-refractivity contribution in [2.75, 3.05) is 26.7 Å². The van der Waals surface area contributed by atoms with E-state index in [1.165, 1.54) is 6.33 Å². The van der Waals surface area contributed by atoms with Gasteiger partial charge in [0.1, 0.15) is 17.8 Å². The van der Waals surface area contributed by atoms with Crippen LogP contribution in [0.1, 0.15) is 16.1 Å². The first-order chi connectivity index (χ1) is 13.6. The largest absolute Gasteiger partial charge is 0.497 e. The summed E-state index contributed by atoms with van der Waals surface area (Å²) in [4.78, 5) is 48.3. The molecule has 2 saturated heterocycles. The van der Waals surface area contributed by atoms with Crippen LogP contribution in [0, 0.1) is 0 Å². The number of nitrogens with zero attached hydrogens (tertiary/aromatic N) is 3. The van der Waals surface area contributed by atoms with Gasteiger partial charge in [0.2, 0.25) is 11.8 Å². The summed E-state index contributed by atoms with van der Waals surface area (Å²) in [5.74, 6) is 0.0371. The maximum absolute atomic E-state index is 12.8. The number of methoxy groups -OCH3 is 1. The lowest BCUT2D eigenvalue weighted by Crippen LogP contribution is -2.70. The Morgan fingerprint density at radius 1 is 1.32 bits per heavy atom. The number of nitrogens with one attached hydrogen (secondary N) is 2. The van der Waals surface area contributed by atoms with Crippen LogP contribution in [-0.4, -0.2) is 76.3 Å².